The van der Waals surface area contributed by atoms with E-state index in [1.54, 1.807) is 6.07 Å². The van der Waals surface area contributed by atoms with Crippen molar-refractivity contribution in [2.75, 3.05) is 11.9 Å². The molecule has 1 heterocycles. The lowest BCUT2D eigenvalue weighted by molar-refractivity contribution is -0.118. The molecule has 1 aromatic heterocycles. The zero-order valence-corrected chi connectivity index (χ0v) is 21.1. The molecule has 0 atom stereocenters. The largest absolute Gasteiger partial charge is 0.483 e. The van der Waals surface area contributed by atoms with Crippen LogP contribution in [0.25, 0.3) is 0 Å². The second kappa shape index (κ2) is 10.8. The van der Waals surface area contributed by atoms with E-state index >= 15 is 0 Å². The minimum absolute atomic E-state index is 0.0880. The second-order valence-electron chi connectivity index (χ2n) is 7.41. The number of halogens is 2. The number of carbonyl (C=O) groups is 2. The predicted octanol–water partition coefficient (Wildman–Crippen LogP) is 6.22. The van der Waals surface area contributed by atoms with Gasteiger partial charge in [-0.05, 0) is 65.9 Å². The van der Waals surface area contributed by atoms with Crippen LogP contribution in [0.3, 0.4) is 0 Å². The highest BCUT2D eigenvalue weighted by Gasteiger charge is 2.25. The molecule has 0 bridgehead atoms. The fourth-order valence-electron chi connectivity index (χ4n) is 3.74. The SMILES string of the molecule is CCc1c(C)sc(NC(=O)COc2ccc(Br)cc2Br)c1C(=O)NC1CCCCC1. The summed E-state index contributed by atoms with van der Waals surface area (Å²) in [4.78, 5) is 26.7. The Morgan fingerprint density at radius 2 is 1.93 bits per heavy atom. The van der Waals surface area contributed by atoms with E-state index in [1.807, 2.05) is 26.0 Å². The Hall–Kier alpha value is -1.38. The van der Waals surface area contributed by atoms with E-state index in [1.165, 1.54) is 17.8 Å². The molecule has 1 fully saturated rings. The number of aryl methyl sites for hydroxylation is 1. The van der Waals surface area contributed by atoms with Crippen LogP contribution in [0.2, 0.25) is 0 Å². The fourth-order valence-corrected chi connectivity index (χ4v) is 6.06. The molecule has 2 N–H and O–H groups in total. The van der Waals surface area contributed by atoms with Crippen LogP contribution in [0.15, 0.2) is 27.1 Å². The molecule has 0 spiro atoms. The van der Waals surface area contributed by atoms with Crippen molar-refractivity contribution in [3.63, 3.8) is 0 Å². The van der Waals surface area contributed by atoms with Crippen molar-refractivity contribution in [3.8, 4) is 5.75 Å². The summed E-state index contributed by atoms with van der Waals surface area (Å²) in [6, 6.07) is 5.71. The number of rotatable bonds is 7. The van der Waals surface area contributed by atoms with Gasteiger partial charge in [0.25, 0.3) is 11.8 Å². The van der Waals surface area contributed by atoms with Crippen LogP contribution in [0.1, 0.15) is 59.8 Å². The number of amides is 2. The van der Waals surface area contributed by atoms with Gasteiger partial charge in [-0.15, -0.1) is 11.3 Å². The van der Waals surface area contributed by atoms with Crippen LogP contribution < -0.4 is 15.4 Å². The van der Waals surface area contributed by atoms with Crippen molar-refractivity contribution < 1.29 is 14.3 Å². The number of anilines is 1. The summed E-state index contributed by atoms with van der Waals surface area (Å²) < 4.78 is 7.31. The van der Waals surface area contributed by atoms with Gasteiger partial charge in [-0.3, -0.25) is 9.59 Å². The summed E-state index contributed by atoms with van der Waals surface area (Å²) in [5, 5.41) is 6.67. The van der Waals surface area contributed by atoms with Crippen LogP contribution in [0.4, 0.5) is 5.00 Å². The monoisotopic (exact) mass is 556 g/mol. The molecule has 5 nitrogen and oxygen atoms in total. The average Bonchev–Trinajstić information content (AvgIpc) is 3.02. The normalized spacial score (nSPS) is 14.4. The fraction of sp³-hybridized carbons (Fsp3) is 0.455. The maximum atomic E-state index is 13.1. The predicted molar refractivity (Wildman–Crippen MR) is 129 cm³/mol. The first-order valence-electron chi connectivity index (χ1n) is 10.2. The lowest BCUT2D eigenvalue weighted by Gasteiger charge is -2.23. The number of carbonyl (C=O) groups excluding carboxylic acids is 2. The average molecular weight is 558 g/mol. The summed E-state index contributed by atoms with van der Waals surface area (Å²) >= 11 is 8.27. The van der Waals surface area contributed by atoms with Gasteiger partial charge in [0.15, 0.2) is 6.61 Å². The van der Waals surface area contributed by atoms with Crippen LogP contribution in [0, 0.1) is 6.92 Å². The summed E-state index contributed by atoms with van der Waals surface area (Å²) in [6.45, 7) is 3.89. The molecule has 1 aliphatic carbocycles. The van der Waals surface area contributed by atoms with Gasteiger partial charge in [0, 0.05) is 15.4 Å². The van der Waals surface area contributed by atoms with Crippen molar-refractivity contribution in [3.05, 3.63) is 43.1 Å². The summed E-state index contributed by atoms with van der Waals surface area (Å²) in [5.41, 5.74) is 1.60. The molecular formula is C22H26Br2N2O3S. The van der Waals surface area contributed by atoms with Crippen LogP contribution in [-0.4, -0.2) is 24.5 Å². The third-order valence-corrected chi connectivity index (χ3v) is 7.41. The van der Waals surface area contributed by atoms with Gasteiger partial charge < -0.3 is 15.4 Å². The quantitative estimate of drug-likeness (QED) is 0.424. The van der Waals surface area contributed by atoms with Crippen molar-refractivity contribution in [2.24, 2.45) is 0 Å². The topological polar surface area (TPSA) is 67.4 Å². The van der Waals surface area contributed by atoms with E-state index < -0.39 is 0 Å². The maximum absolute atomic E-state index is 13.1. The third-order valence-electron chi connectivity index (χ3n) is 5.24. The van der Waals surface area contributed by atoms with Gasteiger partial charge in [0.2, 0.25) is 0 Å². The molecule has 8 heteroatoms. The summed E-state index contributed by atoms with van der Waals surface area (Å²) in [6.07, 6.45) is 6.33. The first-order chi connectivity index (χ1) is 14.4. The minimum Gasteiger partial charge on any atom is -0.483 e. The number of nitrogens with one attached hydrogen (secondary N) is 2. The third kappa shape index (κ3) is 5.86. The van der Waals surface area contributed by atoms with Gasteiger partial charge in [0.1, 0.15) is 10.8 Å². The van der Waals surface area contributed by atoms with Crippen molar-refractivity contribution >= 4 is 60.0 Å². The van der Waals surface area contributed by atoms with E-state index in [0.29, 0.717) is 16.3 Å². The number of benzene rings is 1. The molecular weight excluding hydrogens is 532 g/mol. The molecule has 162 valence electrons. The van der Waals surface area contributed by atoms with E-state index in [4.69, 9.17) is 4.74 Å². The van der Waals surface area contributed by atoms with Gasteiger partial charge in [0.05, 0.1) is 10.0 Å². The second-order valence-corrected chi connectivity index (χ2v) is 10.4. The Balaban J connectivity index is 1.70. The number of ether oxygens (including phenoxy) is 1. The number of thiophene rings is 1. The smallest absolute Gasteiger partial charge is 0.262 e. The van der Waals surface area contributed by atoms with E-state index in [0.717, 1.165) is 51.5 Å². The molecule has 1 aliphatic rings. The van der Waals surface area contributed by atoms with Gasteiger partial charge >= 0.3 is 0 Å². The Kier molecular flexibility index (Phi) is 8.36. The standard InChI is InChI=1S/C22H26Br2N2O3S/c1-3-16-13(2)30-22(20(16)21(28)25-15-7-5-4-6-8-15)26-19(27)12-29-18-10-9-14(23)11-17(18)24/h9-11,15H,3-8,12H2,1-2H3,(H,25,28)(H,26,27). The molecule has 1 saturated carbocycles. The molecule has 0 aliphatic heterocycles. The van der Waals surface area contributed by atoms with Crippen molar-refractivity contribution in [1.82, 2.24) is 5.32 Å². The highest BCUT2D eigenvalue weighted by atomic mass is 79.9. The zero-order valence-electron chi connectivity index (χ0n) is 17.1. The number of hydrogen-bond acceptors (Lipinski definition) is 4. The van der Waals surface area contributed by atoms with Crippen LogP contribution in [-0.2, 0) is 11.2 Å². The number of hydrogen-bond donors (Lipinski definition) is 2. The molecule has 0 unspecified atom stereocenters. The summed E-state index contributed by atoms with van der Waals surface area (Å²) in [7, 11) is 0. The first kappa shape index (κ1) is 23.3. The Bertz CT molecular complexity index is 923. The Labute approximate surface area is 198 Å². The maximum Gasteiger partial charge on any atom is 0.262 e. The zero-order chi connectivity index (χ0) is 21.7. The van der Waals surface area contributed by atoms with Crippen LogP contribution in [0.5, 0.6) is 5.75 Å². The van der Waals surface area contributed by atoms with Crippen LogP contribution >= 0.6 is 43.2 Å². The lowest BCUT2D eigenvalue weighted by Crippen LogP contribution is -2.37. The lowest BCUT2D eigenvalue weighted by atomic mass is 9.95. The molecule has 3 rings (SSSR count). The molecule has 0 radical (unpaired) electrons. The van der Waals surface area contributed by atoms with Crippen molar-refractivity contribution in [2.45, 2.75) is 58.4 Å². The highest BCUT2D eigenvalue weighted by Crippen LogP contribution is 2.34. The van der Waals surface area contributed by atoms with E-state index in [9.17, 15) is 9.59 Å². The van der Waals surface area contributed by atoms with Gasteiger partial charge in [-0.1, -0.05) is 42.1 Å². The minimum atomic E-state index is -0.291. The van der Waals surface area contributed by atoms with E-state index in [2.05, 4.69) is 42.5 Å². The summed E-state index contributed by atoms with van der Waals surface area (Å²) in [5.74, 6) is 0.204. The first-order valence-corrected chi connectivity index (χ1v) is 12.6. The molecule has 1 aromatic carbocycles. The Morgan fingerprint density at radius 3 is 2.60 bits per heavy atom. The molecule has 30 heavy (non-hydrogen) atoms. The van der Waals surface area contributed by atoms with Gasteiger partial charge in [-0.2, -0.15) is 0 Å². The molecule has 0 saturated heterocycles. The molecule has 2 amide bonds. The Morgan fingerprint density at radius 1 is 1.20 bits per heavy atom. The van der Waals surface area contributed by atoms with Crippen molar-refractivity contribution in [1.29, 1.82) is 0 Å². The highest BCUT2D eigenvalue weighted by molar-refractivity contribution is 9.11. The van der Waals surface area contributed by atoms with Gasteiger partial charge in [-0.25, -0.2) is 0 Å². The van der Waals surface area contributed by atoms with E-state index in [-0.39, 0.29) is 24.5 Å². The molecule has 2 aromatic rings.